The van der Waals surface area contributed by atoms with Crippen molar-refractivity contribution in [3.8, 4) is 0 Å². The fourth-order valence-corrected chi connectivity index (χ4v) is 2.14. The smallest absolute Gasteiger partial charge is 0.306 e. The molecule has 0 aliphatic carbocycles. The van der Waals surface area contributed by atoms with Gasteiger partial charge in [-0.05, 0) is 30.6 Å². The Balaban J connectivity index is 4.46. The van der Waals surface area contributed by atoms with Gasteiger partial charge in [-0.3, -0.25) is 4.79 Å². The van der Waals surface area contributed by atoms with Crippen molar-refractivity contribution < 1.29 is 9.90 Å². The van der Waals surface area contributed by atoms with Gasteiger partial charge in [0.15, 0.2) is 0 Å². The average molecular weight is 228 g/mol. The molecule has 0 saturated carbocycles. The summed E-state index contributed by atoms with van der Waals surface area (Å²) in [6, 6.07) is 0. The van der Waals surface area contributed by atoms with Gasteiger partial charge >= 0.3 is 5.97 Å². The van der Waals surface area contributed by atoms with E-state index < -0.39 is 5.97 Å². The highest BCUT2D eigenvalue weighted by molar-refractivity contribution is 5.69. The molecule has 2 atom stereocenters. The zero-order chi connectivity index (χ0) is 12.8. The predicted molar refractivity (Wildman–Crippen MR) is 68.5 cm³/mol. The van der Waals surface area contributed by atoms with E-state index in [0.29, 0.717) is 5.92 Å². The summed E-state index contributed by atoms with van der Waals surface area (Å²) in [6.45, 7) is 10.8. The summed E-state index contributed by atoms with van der Waals surface area (Å²) in [7, 11) is 0. The van der Waals surface area contributed by atoms with Crippen molar-refractivity contribution in [1.29, 1.82) is 0 Å². The molecular formula is C14H28O2. The third-order valence-electron chi connectivity index (χ3n) is 3.54. The lowest BCUT2D eigenvalue weighted by atomic mass is 9.73. The van der Waals surface area contributed by atoms with E-state index in [1.54, 1.807) is 0 Å². The Kier molecular flexibility index (Phi) is 6.70. The zero-order valence-corrected chi connectivity index (χ0v) is 11.5. The number of hydrogen-bond acceptors (Lipinski definition) is 1. The van der Waals surface area contributed by atoms with Crippen LogP contribution < -0.4 is 0 Å². The molecule has 0 spiro atoms. The van der Waals surface area contributed by atoms with E-state index in [4.69, 9.17) is 5.11 Å². The molecule has 1 N–H and O–H groups in total. The summed E-state index contributed by atoms with van der Waals surface area (Å²) in [4.78, 5) is 11.1. The van der Waals surface area contributed by atoms with E-state index in [1.807, 2.05) is 6.92 Å². The lowest BCUT2D eigenvalue weighted by Crippen LogP contribution is -2.26. The van der Waals surface area contributed by atoms with Crippen LogP contribution in [-0.2, 0) is 4.79 Å². The first-order valence-corrected chi connectivity index (χ1v) is 6.55. The van der Waals surface area contributed by atoms with E-state index >= 15 is 0 Å². The van der Waals surface area contributed by atoms with Gasteiger partial charge in [0.1, 0.15) is 0 Å². The van der Waals surface area contributed by atoms with Crippen LogP contribution in [0, 0.1) is 17.3 Å². The van der Waals surface area contributed by atoms with Gasteiger partial charge in [0.05, 0.1) is 5.92 Å². The first kappa shape index (κ1) is 15.5. The highest BCUT2D eigenvalue weighted by Crippen LogP contribution is 2.35. The fourth-order valence-electron chi connectivity index (χ4n) is 2.14. The van der Waals surface area contributed by atoms with E-state index in [-0.39, 0.29) is 11.3 Å². The molecule has 0 aliphatic heterocycles. The van der Waals surface area contributed by atoms with Crippen molar-refractivity contribution >= 4 is 5.97 Å². The van der Waals surface area contributed by atoms with Gasteiger partial charge in [-0.25, -0.2) is 0 Å². The van der Waals surface area contributed by atoms with Gasteiger partial charge in [0.2, 0.25) is 0 Å². The molecule has 0 aromatic rings. The third kappa shape index (κ3) is 5.53. The molecule has 0 aliphatic rings. The van der Waals surface area contributed by atoms with Gasteiger partial charge in [-0.15, -0.1) is 0 Å². The summed E-state index contributed by atoms with van der Waals surface area (Å²) < 4.78 is 0. The van der Waals surface area contributed by atoms with Crippen molar-refractivity contribution in [2.45, 2.75) is 66.7 Å². The topological polar surface area (TPSA) is 37.3 Å². The Morgan fingerprint density at radius 2 is 1.81 bits per heavy atom. The standard InChI is InChI=1S/C14H28O2/c1-6-8-9-12(14(3,4)5)10-11(7-2)13(15)16/h11-12H,6-10H2,1-5H3,(H,15,16). The number of unbranched alkanes of at least 4 members (excludes halogenated alkanes) is 1. The van der Waals surface area contributed by atoms with Gasteiger partial charge in [-0.1, -0.05) is 47.5 Å². The van der Waals surface area contributed by atoms with Crippen LogP contribution in [-0.4, -0.2) is 11.1 Å². The lowest BCUT2D eigenvalue weighted by molar-refractivity contribution is -0.142. The highest BCUT2D eigenvalue weighted by Gasteiger charge is 2.28. The molecular weight excluding hydrogens is 200 g/mol. The molecule has 0 bridgehead atoms. The Labute approximate surface area is 100 Å². The number of rotatable bonds is 7. The molecule has 0 aromatic heterocycles. The monoisotopic (exact) mass is 228 g/mol. The number of carboxylic acid groups (broad SMARTS) is 1. The van der Waals surface area contributed by atoms with Gasteiger partial charge in [0.25, 0.3) is 0 Å². The normalized spacial score (nSPS) is 15.8. The molecule has 96 valence electrons. The Hall–Kier alpha value is -0.530. The van der Waals surface area contributed by atoms with Crippen molar-refractivity contribution in [1.82, 2.24) is 0 Å². The molecule has 2 nitrogen and oxygen atoms in total. The molecule has 2 unspecified atom stereocenters. The van der Waals surface area contributed by atoms with E-state index in [0.717, 1.165) is 19.3 Å². The third-order valence-corrected chi connectivity index (χ3v) is 3.54. The largest absolute Gasteiger partial charge is 0.481 e. The lowest BCUT2D eigenvalue weighted by Gasteiger charge is -2.32. The van der Waals surface area contributed by atoms with Crippen LogP contribution in [0.25, 0.3) is 0 Å². The summed E-state index contributed by atoms with van der Waals surface area (Å²) >= 11 is 0. The Morgan fingerprint density at radius 3 is 2.12 bits per heavy atom. The minimum atomic E-state index is -0.631. The minimum absolute atomic E-state index is 0.166. The molecule has 0 radical (unpaired) electrons. The van der Waals surface area contributed by atoms with E-state index in [1.165, 1.54) is 12.8 Å². The van der Waals surface area contributed by atoms with Crippen LogP contribution in [0.2, 0.25) is 0 Å². The average Bonchev–Trinajstić information content (AvgIpc) is 2.15. The van der Waals surface area contributed by atoms with Gasteiger partial charge < -0.3 is 5.11 Å². The van der Waals surface area contributed by atoms with Gasteiger partial charge in [0, 0.05) is 0 Å². The quantitative estimate of drug-likeness (QED) is 0.703. The number of carboxylic acids is 1. The fraction of sp³-hybridized carbons (Fsp3) is 0.929. The summed E-state index contributed by atoms with van der Waals surface area (Å²) in [5, 5.41) is 9.11. The van der Waals surface area contributed by atoms with Crippen LogP contribution in [0.1, 0.15) is 66.7 Å². The summed E-state index contributed by atoms with van der Waals surface area (Å²) in [5.41, 5.74) is 0.220. The Bertz CT molecular complexity index is 203. The van der Waals surface area contributed by atoms with Crippen molar-refractivity contribution in [2.75, 3.05) is 0 Å². The number of carbonyl (C=O) groups is 1. The van der Waals surface area contributed by atoms with Crippen molar-refractivity contribution in [3.63, 3.8) is 0 Å². The molecule has 2 heteroatoms. The predicted octanol–water partition coefficient (Wildman–Crippen LogP) is 4.34. The summed E-state index contributed by atoms with van der Waals surface area (Å²) in [6.07, 6.45) is 5.13. The van der Waals surface area contributed by atoms with Gasteiger partial charge in [-0.2, -0.15) is 0 Å². The van der Waals surface area contributed by atoms with Crippen LogP contribution in [0.5, 0.6) is 0 Å². The molecule has 0 rings (SSSR count). The maximum Gasteiger partial charge on any atom is 0.306 e. The molecule has 0 heterocycles. The first-order chi connectivity index (χ1) is 7.32. The maximum atomic E-state index is 11.1. The highest BCUT2D eigenvalue weighted by atomic mass is 16.4. The summed E-state index contributed by atoms with van der Waals surface area (Å²) in [5.74, 6) is -0.275. The molecule has 0 amide bonds. The van der Waals surface area contributed by atoms with Crippen LogP contribution in [0.4, 0.5) is 0 Å². The molecule has 0 fully saturated rings. The Morgan fingerprint density at radius 1 is 1.25 bits per heavy atom. The second-order valence-corrected chi connectivity index (χ2v) is 5.88. The SMILES string of the molecule is CCCCC(CC(CC)C(=O)O)C(C)(C)C. The van der Waals surface area contributed by atoms with Crippen molar-refractivity contribution in [3.05, 3.63) is 0 Å². The van der Waals surface area contributed by atoms with Crippen LogP contribution in [0.15, 0.2) is 0 Å². The first-order valence-electron chi connectivity index (χ1n) is 6.55. The maximum absolute atomic E-state index is 11.1. The molecule has 0 aromatic carbocycles. The molecule has 0 saturated heterocycles. The molecule has 16 heavy (non-hydrogen) atoms. The number of hydrogen-bond donors (Lipinski definition) is 1. The minimum Gasteiger partial charge on any atom is -0.481 e. The zero-order valence-electron chi connectivity index (χ0n) is 11.5. The van der Waals surface area contributed by atoms with Crippen LogP contribution >= 0.6 is 0 Å². The number of aliphatic carboxylic acids is 1. The van der Waals surface area contributed by atoms with E-state index in [2.05, 4.69) is 27.7 Å². The second-order valence-electron chi connectivity index (χ2n) is 5.88. The van der Waals surface area contributed by atoms with Crippen molar-refractivity contribution in [2.24, 2.45) is 17.3 Å². The van der Waals surface area contributed by atoms with Crippen LogP contribution in [0.3, 0.4) is 0 Å². The van der Waals surface area contributed by atoms with E-state index in [9.17, 15) is 4.79 Å². The second kappa shape index (κ2) is 6.93.